The van der Waals surface area contributed by atoms with Gasteiger partial charge in [0.2, 0.25) is 0 Å². The van der Waals surface area contributed by atoms with Gasteiger partial charge in [0.25, 0.3) is 0 Å². The van der Waals surface area contributed by atoms with E-state index in [0.717, 1.165) is 17.7 Å². The molecule has 0 aliphatic rings. The zero-order valence-corrected chi connectivity index (χ0v) is 10.1. The standard InChI is InChI=1S/C14H12F3NO/c1-8(9-2-4-11(19)5-3-9)18-10-6-12(15)14(17)13(16)7-10/h2-8,18-19H,1H3. The quantitative estimate of drug-likeness (QED) is 0.824. The van der Waals surface area contributed by atoms with Crippen LogP contribution in [-0.2, 0) is 0 Å². The number of anilines is 1. The number of rotatable bonds is 3. The fraction of sp³-hybridized carbons (Fsp3) is 0.143. The van der Waals surface area contributed by atoms with Crippen molar-refractivity contribution in [3.63, 3.8) is 0 Å². The Hall–Kier alpha value is -2.17. The summed E-state index contributed by atoms with van der Waals surface area (Å²) < 4.78 is 38.9. The van der Waals surface area contributed by atoms with Gasteiger partial charge in [-0.3, -0.25) is 0 Å². The summed E-state index contributed by atoms with van der Waals surface area (Å²) in [7, 11) is 0. The molecule has 0 aromatic heterocycles. The van der Waals surface area contributed by atoms with Gasteiger partial charge in [0.1, 0.15) is 5.75 Å². The lowest BCUT2D eigenvalue weighted by molar-refractivity contribution is 0.447. The highest BCUT2D eigenvalue weighted by atomic mass is 19.2. The van der Waals surface area contributed by atoms with E-state index in [9.17, 15) is 18.3 Å². The number of phenolic OH excluding ortho intramolecular Hbond substituents is 1. The molecule has 2 N–H and O–H groups in total. The average molecular weight is 267 g/mol. The second-order valence-corrected chi connectivity index (χ2v) is 4.21. The summed E-state index contributed by atoms with van der Waals surface area (Å²) in [5.74, 6) is -3.82. The molecule has 2 aromatic carbocycles. The van der Waals surface area contributed by atoms with Crippen LogP contribution in [0.15, 0.2) is 36.4 Å². The number of benzene rings is 2. The molecule has 5 heteroatoms. The Morgan fingerprint density at radius 2 is 1.53 bits per heavy atom. The minimum absolute atomic E-state index is 0.134. The lowest BCUT2D eigenvalue weighted by Crippen LogP contribution is -2.07. The summed E-state index contributed by atoms with van der Waals surface area (Å²) in [4.78, 5) is 0. The van der Waals surface area contributed by atoms with Crippen LogP contribution in [0, 0.1) is 17.5 Å². The van der Waals surface area contributed by atoms with E-state index in [1.54, 1.807) is 19.1 Å². The van der Waals surface area contributed by atoms with Gasteiger partial charge in [-0.2, -0.15) is 0 Å². The van der Waals surface area contributed by atoms with Crippen LogP contribution in [0.3, 0.4) is 0 Å². The van der Waals surface area contributed by atoms with Crippen LogP contribution in [0.4, 0.5) is 18.9 Å². The first kappa shape index (κ1) is 13.3. The van der Waals surface area contributed by atoms with Crippen molar-refractivity contribution in [2.45, 2.75) is 13.0 Å². The Morgan fingerprint density at radius 3 is 2.05 bits per heavy atom. The lowest BCUT2D eigenvalue weighted by atomic mass is 10.1. The third kappa shape index (κ3) is 2.99. The number of hydrogen-bond donors (Lipinski definition) is 2. The van der Waals surface area contributed by atoms with Gasteiger partial charge in [0.15, 0.2) is 17.5 Å². The second kappa shape index (κ2) is 5.22. The third-order valence-electron chi connectivity index (χ3n) is 2.76. The van der Waals surface area contributed by atoms with Crippen molar-refractivity contribution in [3.8, 4) is 5.75 Å². The number of hydrogen-bond acceptors (Lipinski definition) is 2. The molecule has 2 aromatic rings. The maximum atomic E-state index is 13.1. The Kier molecular flexibility index (Phi) is 3.64. The number of halogens is 3. The van der Waals surface area contributed by atoms with Gasteiger partial charge in [-0.1, -0.05) is 12.1 Å². The fourth-order valence-corrected chi connectivity index (χ4v) is 1.74. The minimum atomic E-state index is -1.48. The summed E-state index contributed by atoms with van der Waals surface area (Å²) in [5.41, 5.74) is 0.972. The van der Waals surface area contributed by atoms with Crippen LogP contribution >= 0.6 is 0 Å². The topological polar surface area (TPSA) is 32.3 Å². The molecule has 2 nitrogen and oxygen atoms in total. The zero-order valence-electron chi connectivity index (χ0n) is 10.1. The Morgan fingerprint density at radius 1 is 1.00 bits per heavy atom. The molecule has 19 heavy (non-hydrogen) atoms. The van der Waals surface area contributed by atoms with Crippen LogP contribution in [0.1, 0.15) is 18.5 Å². The van der Waals surface area contributed by atoms with E-state index in [4.69, 9.17) is 0 Å². The molecule has 0 saturated carbocycles. The van der Waals surface area contributed by atoms with Crippen molar-refractivity contribution in [1.82, 2.24) is 0 Å². The van der Waals surface area contributed by atoms with Crippen LogP contribution in [0.2, 0.25) is 0 Å². The molecule has 0 fully saturated rings. The van der Waals surface area contributed by atoms with E-state index in [0.29, 0.717) is 0 Å². The molecule has 1 unspecified atom stereocenters. The SMILES string of the molecule is CC(Nc1cc(F)c(F)c(F)c1)c1ccc(O)cc1. The maximum Gasteiger partial charge on any atom is 0.194 e. The van der Waals surface area contributed by atoms with Gasteiger partial charge in [0, 0.05) is 23.9 Å². The predicted octanol–water partition coefficient (Wildman–Crippen LogP) is 3.98. The van der Waals surface area contributed by atoms with E-state index in [1.165, 1.54) is 12.1 Å². The van der Waals surface area contributed by atoms with Crippen molar-refractivity contribution in [3.05, 3.63) is 59.4 Å². The van der Waals surface area contributed by atoms with Gasteiger partial charge < -0.3 is 10.4 Å². The van der Waals surface area contributed by atoms with Gasteiger partial charge >= 0.3 is 0 Å². The normalized spacial score (nSPS) is 12.2. The summed E-state index contributed by atoms with van der Waals surface area (Å²) in [6.45, 7) is 1.78. The number of phenols is 1. The molecule has 100 valence electrons. The molecule has 0 heterocycles. The Labute approximate surface area is 108 Å². The van der Waals surface area contributed by atoms with Gasteiger partial charge in [-0.25, -0.2) is 13.2 Å². The van der Waals surface area contributed by atoms with E-state index < -0.39 is 17.5 Å². The van der Waals surface area contributed by atoms with Gasteiger partial charge in [-0.15, -0.1) is 0 Å². The summed E-state index contributed by atoms with van der Waals surface area (Å²) in [5, 5.41) is 12.0. The highest BCUT2D eigenvalue weighted by molar-refractivity contribution is 5.46. The molecule has 1 atom stereocenters. The van der Waals surface area contributed by atoms with Crippen molar-refractivity contribution >= 4 is 5.69 Å². The van der Waals surface area contributed by atoms with E-state index in [1.807, 2.05) is 0 Å². The summed E-state index contributed by atoms with van der Waals surface area (Å²) >= 11 is 0. The smallest absolute Gasteiger partial charge is 0.194 e. The van der Waals surface area contributed by atoms with Crippen LogP contribution in [0.25, 0.3) is 0 Å². The Bertz CT molecular complexity index is 561. The second-order valence-electron chi connectivity index (χ2n) is 4.21. The minimum Gasteiger partial charge on any atom is -0.508 e. The molecule has 0 spiro atoms. The van der Waals surface area contributed by atoms with Crippen molar-refractivity contribution in [1.29, 1.82) is 0 Å². The van der Waals surface area contributed by atoms with E-state index in [2.05, 4.69) is 5.32 Å². The monoisotopic (exact) mass is 267 g/mol. The van der Waals surface area contributed by atoms with Crippen LogP contribution in [0.5, 0.6) is 5.75 Å². The van der Waals surface area contributed by atoms with Crippen molar-refractivity contribution in [2.75, 3.05) is 5.32 Å². The number of nitrogens with one attached hydrogen (secondary N) is 1. The number of aromatic hydroxyl groups is 1. The highest BCUT2D eigenvalue weighted by Crippen LogP contribution is 2.23. The molecule has 0 amide bonds. The first-order chi connectivity index (χ1) is 8.97. The third-order valence-corrected chi connectivity index (χ3v) is 2.76. The molecule has 2 rings (SSSR count). The zero-order chi connectivity index (χ0) is 14.0. The Balaban J connectivity index is 2.19. The summed E-state index contributed by atoms with van der Waals surface area (Å²) in [6, 6.07) is 7.94. The molecule has 0 bridgehead atoms. The lowest BCUT2D eigenvalue weighted by Gasteiger charge is -2.16. The largest absolute Gasteiger partial charge is 0.508 e. The highest BCUT2D eigenvalue weighted by Gasteiger charge is 2.12. The average Bonchev–Trinajstić information content (AvgIpc) is 2.36. The van der Waals surface area contributed by atoms with Crippen molar-refractivity contribution < 1.29 is 18.3 Å². The van der Waals surface area contributed by atoms with E-state index >= 15 is 0 Å². The van der Waals surface area contributed by atoms with Gasteiger partial charge in [0.05, 0.1) is 0 Å². The molecule has 0 aliphatic heterocycles. The molecule has 0 aliphatic carbocycles. The summed E-state index contributed by atoms with van der Waals surface area (Å²) in [6.07, 6.45) is 0. The molecular weight excluding hydrogens is 255 g/mol. The van der Waals surface area contributed by atoms with Crippen molar-refractivity contribution in [2.24, 2.45) is 0 Å². The fourth-order valence-electron chi connectivity index (χ4n) is 1.74. The first-order valence-corrected chi connectivity index (χ1v) is 5.67. The van der Waals surface area contributed by atoms with E-state index in [-0.39, 0.29) is 17.5 Å². The van der Waals surface area contributed by atoms with Crippen LogP contribution < -0.4 is 5.32 Å². The molecule has 0 radical (unpaired) electrons. The molecule has 0 saturated heterocycles. The molecular formula is C14H12F3NO. The predicted molar refractivity (Wildman–Crippen MR) is 66.5 cm³/mol. The van der Waals surface area contributed by atoms with Gasteiger partial charge in [-0.05, 0) is 24.6 Å². The van der Waals surface area contributed by atoms with Crippen LogP contribution in [-0.4, -0.2) is 5.11 Å². The first-order valence-electron chi connectivity index (χ1n) is 5.67. The maximum absolute atomic E-state index is 13.1.